The minimum Gasteiger partial charge on any atom is -0.481 e. The zero-order chi connectivity index (χ0) is 18.0. The van der Waals surface area contributed by atoms with Gasteiger partial charge in [-0.05, 0) is 50.5 Å². The van der Waals surface area contributed by atoms with Crippen molar-refractivity contribution in [1.29, 1.82) is 0 Å². The summed E-state index contributed by atoms with van der Waals surface area (Å²) in [4.78, 5) is 25.3. The second kappa shape index (κ2) is 7.09. The molecule has 0 spiro atoms. The molecule has 0 saturated carbocycles. The van der Waals surface area contributed by atoms with Gasteiger partial charge in [-0.1, -0.05) is 12.1 Å². The Balaban J connectivity index is 1.66. The second-order valence-corrected chi connectivity index (χ2v) is 6.70. The average Bonchev–Trinajstić information content (AvgIpc) is 2.94. The predicted octanol–water partition coefficient (Wildman–Crippen LogP) is 2.35. The number of rotatable bonds is 4. The first kappa shape index (κ1) is 17.2. The van der Waals surface area contributed by atoms with Crippen molar-refractivity contribution in [3.63, 3.8) is 0 Å². The zero-order valence-electron chi connectivity index (χ0n) is 14.6. The minimum absolute atomic E-state index is 0.00943. The number of likely N-dealkylation sites (tertiary alicyclic amines) is 1. The third kappa shape index (κ3) is 3.90. The summed E-state index contributed by atoms with van der Waals surface area (Å²) in [5.74, 6) is -1.26. The molecule has 1 N–H and O–H groups in total. The quantitative estimate of drug-likeness (QED) is 0.926. The molecule has 1 aliphatic heterocycles. The van der Waals surface area contributed by atoms with Crippen molar-refractivity contribution >= 4 is 11.9 Å². The van der Waals surface area contributed by atoms with Crippen LogP contribution in [-0.4, -0.2) is 44.8 Å². The van der Waals surface area contributed by atoms with Gasteiger partial charge >= 0.3 is 5.97 Å². The second-order valence-electron chi connectivity index (χ2n) is 6.70. The number of carbonyl (C=O) groups excluding carboxylic acids is 1. The van der Waals surface area contributed by atoms with Gasteiger partial charge in [-0.3, -0.25) is 9.59 Å². The molecule has 25 heavy (non-hydrogen) atoms. The summed E-state index contributed by atoms with van der Waals surface area (Å²) in [6.07, 6.45) is 1.69. The Hall–Kier alpha value is -2.63. The highest BCUT2D eigenvalue weighted by Gasteiger charge is 2.27. The topological polar surface area (TPSA) is 75.4 Å². The van der Waals surface area contributed by atoms with Gasteiger partial charge in [-0.2, -0.15) is 5.10 Å². The summed E-state index contributed by atoms with van der Waals surface area (Å²) in [7, 11) is 0. The van der Waals surface area contributed by atoms with Crippen molar-refractivity contribution in [3.8, 4) is 5.69 Å². The monoisotopic (exact) mass is 341 g/mol. The number of aromatic nitrogens is 2. The van der Waals surface area contributed by atoms with E-state index in [9.17, 15) is 9.59 Å². The van der Waals surface area contributed by atoms with Crippen LogP contribution in [0.15, 0.2) is 30.3 Å². The summed E-state index contributed by atoms with van der Waals surface area (Å²) in [6, 6.07) is 9.80. The molecular formula is C19H23N3O3. The zero-order valence-corrected chi connectivity index (χ0v) is 14.6. The molecule has 1 aliphatic rings. The molecule has 1 aromatic carbocycles. The smallest absolute Gasteiger partial charge is 0.308 e. The summed E-state index contributed by atoms with van der Waals surface area (Å²) in [5, 5.41) is 13.6. The summed E-state index contributed by atoms with van der Waals surface area (Å²) >= 11 is 0. The number of aliphatic carboxylic acids is 1. The lowest BCUT2D eigenvalue weighted by Crippen LogP contribution is -2.42. The molecule has 1 fully saturated rings. The molecule has 0 radical (unpaired) electrons. The number of hydrogen-bond acceptors (Lipinski definition) is 3. The fourth-order valence-electron chi connectivity index (χ4n) is 3.34. The van der Waals surface area contributed by atoms with Gasteiger partial charge in [0.2, 0.25) is 5.91 Å². The maximum absolute atomic E-state index is 12.5. The van der Waals surface area contributed by atoms with E-state index in [4.69, 9.17) is 5.11 Å². The molecule has 0 aliphatic carbocycles. The Morgan fingerprint density at radius 1 is 1.24 bits per heavy atom. The van der Waals surface area contributed by atoms with Gasteiger partial charge in [-0.25, -0.2) is 4.68 Å². The van der Waals surface area contributed by atoms with Crippen LogP contribution in [-0.2, 0) is 16.0 Å². The number of carboxylic acid groups (broad SMARTS) is 1. The fourth-order valence-corrected chi connectivity index (χ4v) is 3.34. The Kier molecular flexibility index (Phi) is 4.88. The van der Waals surface area contributed by atoms with E-state index in [2.05, 4.69) is 5.10 Å². The highest BCUT2D eigenvalue weighted by molar-refractivity contribution is 5.80. The lowest BCUT2D eigenvalue weighted by molar-refractivity contribution is -0.145. The van der Waals surface area contributed by atoms with Crippen LogP contribution in [0.25, 0.3) is 5.69 Å². The molecule has 2 aromatic rings. The van der Waals surface area contributed by atoms with Crippen molar-refractivity contribution < 1.29 is 14.7 Å². The average molecular weight is 341 g/mol. The molecule has 0 bridgehead atoms. The molecule has 1 amide bonds. The minimum atomic E-state index is -0.813. The first-order chi connectivity index (χ1) is 11.9. The fraction of sp³-hybridized carbons (Fsp3) is 0.421. The van der Waals surface area contributed by atoms with Crippen molar-refractivity contribution in [2.75, 3.05) is 13.1 Å². The van der Waals surface area contributed by atoms with Crippen LogP contribution in [0, 0.1) is 19.8 Å². The van der Waals surface area contributed by atoms with E-state index >= 15 is 0 Å². The predicted molar refractivity (Wildman–Crippen MR) is 93.7 cm³/mol. The van der Waals surface area contributed by atoms with Crippen LogP contribution in [0.4, 0.5) is 0 Å². The third-order valence-electron chi connectivity index (χ3n) is 4.67. The Bertz CT molecular complexity index is 780. The van der Waals surface area contributed by atoms with Crippen LogP contribution < -0.4 is 0 Å². The van der Waals surface area contributed by atoms with E-state index in [1.807, 2.05) is 48.9 Å². The Morgan fingerprint density at radius 3 is 2.56 bits per heavy atom. The number of benzene rings is 1. The lowest BCUT2D eigenvalue weighted by Gasteiger charge is -2.30. The lowest BCUT2D eigenvalue weighted by atomic mass is 9.97. The maximum atomic E-state index is 12.5. The van der Waals surface area contributed by atoms with Crippen molar-refractivity contribution in [2.45, 2.75) is 33.1 Å². The molecular weight excluding hydrogens is 318 g/mol. The molecule has 6 nitrogen and oxygen atoms in total. The highest BCUT2D eigenvalue weighted by Crippen LogP contribution is 2.18. The molecule has 132 valence electrons. The van der Waals surface area contributed by atoms with Crippen LogP contribution in [0.1, 0.15) is 29.8 Å². The van der Waals surface area contributed by atoms with Crippen LogP contribution in [0.5, 0.6) is 0 Å². The molecule has 3 rings (SSSR count). The first-order valence-electron chi connectivity index (χ1n) is 8.57. The van der Waals surface area contributed by atoms with Gasteiger partial charge in [0.25, 0.3) is 0 Å². The maximum Gasteiger partial charge on any atom is 0.308 e. The van der Waals surface area contributed by atoms with E-state index in [1.54, 1.807) is 4.90 Å². The van der Waals surface area contributed by atoms with Crippen molar-refractivity contribution in [3.05, 3.63) is 47.3 Å². The Morgan fingerprint density at radius 2 is 1.96 bits per heavy atom. The van der Waals surface area contributed by atoms with Gasteiger partial charge in [0.15, 0.2) is 0 Å². The van der Waals surface area contributed by atoms with Gasteiger partial charge < -0.3 is 10.0 Å². The molecule has 2 heterocycles. The number of hydrogen-bond donors (Lipinski definition) is 1. The third-order valence-corrected chi connectivity index (χ3v) is 4.67. The van der Waals surface area contributed by atoms with Gasteiger partial charge in [-0.15, -0.1) is 0 Å². The van der Waals surface area contributed by atoms with Crippen LogP contribution >= 0.6 is 0 Å². The van der Waals surface area contributed by atoms with Crippen LogP contribution in [0.2, 0.25) is 0 Å². The van der Waals surface area contributed by atoms with Crippen molar-refractivity contribution in [2.24, 2.45) is 5.92 Å². The number of aryl methyl sites for hydroxylation is 2. The number of carbonyl (C=O) groups is 2. The van der Waals surface area contributed by atoms with Gasteiger partial charge in [0, 0.05) is 18.8 Å². The molecule has 1 unspecified atom stereocenters. The van der Waals surface area contributed by atoms with E-state index in [-0.39, 0.29) is 5.91 Å². The van der Waals surface area contributed by atoms with E-state index in [1.165, 1.54) is 0 Å². The molecule has 1 atom stereocenters. The normalized spacial score (nSPS) is 17.5. The summed E-state index contributed by atoms with van der Waals surface area (Å²) in [5.41, 5.74) is 3.92. The summed E-state index contributed by atoms with van der Waals surface area (Å²) in [6.45, 7) is 4.93. The van der Waals surface area contributed by atoms with Crippen LogP contribution in [0.3, 0.4) is 0 Å². The SMILES string of the molecule is Cc1cc(C)n(-c2ccc(CC(=O)N3CCCC(C(=O)O)C3)cc2)n1. The number of piperidine rings is 1. The van der Waals surface area contributed by atoms with Gasteiger partial charge in [0.1, 0.15) is 0 Å². The Labute approximate surface area is 147 Å². The molecule has 1 aromatic heterocycles. The van der Waals surface area contributed by atoms with Crippen molar-refractivity contribution in [1.82, 2.24) is 14.7 Å². The standard InChI is InChI=1S/C19H23N3O3/c1-13-10-14(2)22(20-13)17-7-5-15(6-8-17)11-18(23)21-9-3-4-16(12-21)19(24)25/h5-8,10,16H,3-4,9,11-12H2,1-2H3,(H,24,25). The number of carboxylic acids is 1. The number of amides is 1. The summed E-state index contributed by atoms with van der Waals surface area (Å²) < 4.78 is 1.88. The van der Waals surface area contributed by atoms with E-state index in [0.29, 0.717) is 25.9 Å². The molecule has 1 saturated heterocycles. The van der Waals surface area contributed by atoms with Gasteiger partial charge in [0.05, 0.1) is 23.7 Å². The van der Waals surface area contributed by atoms with E-state index < -0.39 is 11.9 Å². The largest absolute Gasteiger partial charge is 0.481 e. The highest BCUT2D eigenvalue weighted by atomic mass is 16.4. The number of nitrogens with zero attached hydrogens (tertiary/aromatic N) is 3. The first-order valence-corrected chi connectivity index (χ1v) is 8.57. The molecule has 6 heteroatoms. The van der Waals surface area contributed by atoms with E-state index in [0.717, 1.165) is 29.1 Å².